The Morgan fingerprint density at radius 3 is 2.22 bits per heavy atom. The summed E-state index contributed by atoms with van der Waals surface area (Å²) in [4.78, 5) is 3.42. The minimum absolute atomic E-state index is 0.206. The molecule has 0 aliphatic carbocycles. The number of halogens is 1. The lowest BCUT2D eigenvalue weighted by Gasteiger charge is -1.98. The van der Waals surface area contributed by atoms with Crippen LogP contribution in [0.5, 0.6) is 0 Å². The van der Waals surface area contributed by atoms with Crippen molar-refractivity contribution in [3.63, 3.8) is 0 Å². The second-order valence-corrected chi connectivity index (χ2v) is 4.68. The lowest BCUT2D eigenvalue weighted by molar-refractivity contribution is 0.628. The lowest BCUT2D eigenvalue weighted by Crippen LogP contribution is -1.80. The molecule has 2 aromatic carbocycles. The Labute approximate surface area is 105 Å². The minimum Gasteiger partial charge on any atom is -0.354 e. The Hall–Kier alpha value is -2.09. The van der Waals surface area contributed by atoms with Crippen LogP contribution in [0.1, 0.15) is 11.1 Å². The molecular formula is C16H14FN. The average Bonchev–Trinajstić information content (AvgIpc) is 2.81. The first-order valence-electron chi connectivity index (χ1n) is 6.00. The van der Waals surface area contributed by atoms with Crippen LogP contribution in [-0.2, 0) is 0 Å². The van der Waals surface area contributed by atoms with Gasteiger partial charge in [0.2, 0.25) is 0 Å². The van der Waals surface area contributed by atoms with Gasteiger partial charge in [0.25, 0.3) is 0 Å². The molecule has 90 valence electrons. The number of nitrogens with one attached hydrogen (secondary N) is 1. The Kier molecular flexibility index (Phi) is 2.44. The Morgan fingerprint density at radius 1 is 0.889 bits per heavy atom. The summed E-state index contributed by atoms with van der Waals surface area (Å²) in [5.41, 5.74) is 5.67. The molecule has 1 N–H and O–H groups in total. The van der Waals surface area contributed by atoms with E-state index in [0.717, 1.165) is 16.8 Å². The predicted octanol–water partition coefficient (Wildman–Crippen LogP) is 4.59. The highest BCUT2D eigenvalue weighted by atomic mass is 19.1. The van der Waals surface area contributed by atoms with Crippen LogP contribution in [0.4, 0.5) is 4.39 Å². The summed E-state index contributed by atoms with van der Waals surface area (Å²) in [6, 6.07) is 12.9. The summed E-state index contributed by atoms with van der Waals surface area (Å²) in [6.45, 7) is 4.19. The van der Waals surface area contributed by atoms with E-state index in [-0.39, 0.29) is 5.82 Å². The van der Waals surface area contributed by atoms with Gasteiger partial charge in [-0.1, -0.05) is 12.1 Å². The van der Waals surface area contributed by atoms with Gasteiger partial charge in [0.05, 0.1) is 0 Å². The zero-order chi connectivity index (χ0) is 12.7. The van der Waals surface area contributed by atoms with E-state index in [9.17, 15) is 4.39 Å². The Balaban J connectivity index is 2.22. The van der Waals surface area contributed by atoms with Crippen LogP contribution >= 0.6 is 0 Å². The fourth-order valence-electron chi connectivity index (χ4n) is 2.28. The molecule has 0 saturated heterocycles. The van der Waals surface area contributed by atoms with E-state index in [0.29, 0.717) is 0 Å². The van der Waals surface area contributed by atoms with Gasteiger partial charge in [-0.05, 0) is 60.9 Å². The van der Waals surface area contributed by atoms with Crippen LogP contribution in [0.15, 0.2) is 42.5 Å². The third-order valence-corrected chi connectivity index (χ3v) is 3.38. The van der Waals surface area contributed by atoms with Crippen molar-refractivity contribution >= 4 is 10.9 Å². The number of aryl methyl sites for hydroxylation is 2. The fourth-order valence-corrected chi connectivity index (χ4v) is 2.28. The molecule has 0 bridgehead atoms. The van der Waals surface area contributed by atoms with E-state index in [2.05, 4.69) is 37.0 Å². The van der Waals surface area contributed by atoms with Gasteiger partial charge in [-0.25, -0.2) is 4.39 Å². The van der Waals surface area contributed by atoms with Crippen LogP contribution in [0, 0.1) is 19.7 Å². The van der Waals surface area contributed by atoms with Gasteiger partial charge in [0.15, 0.2) is 0 Å². The SMILES string of the molecule is Cc1ccc(C)c2[nH]c(-c3ccc(F)cc3)cc12. The van der Waals surface area contributed by atoms with Crippen molar-refractivity contribution in [1.29, 1.82) is 0 Å². The topological polar surface area (TPSA) is 15.8 Å². The van der Waals surface area contributed by atoms with Crippen molar-refractivity contribution < 1.29 is 4.39 Å². The van der Waals surface area contributed by atoms with E-state index >= 15 is 0 Å². The smallest absolute Gasteiger partial charge is 0.123 e. The lowest BCUT2D eigenvalue weighted by atomic mass is 10.1. The van der Waals surface area contributed by atoms with Gasteiger partial charge in [0.1, 0.15) is 5.82 Å². The van der Waals surface area contributed by atoms with Gasteiger partial charge < -0.3 is 4.98 Å². The Morgan fingerprint density at radius 2 is 1.56 bits per heavy atom. The van der Waals surface area contributed by atoms with Crippen LogP contribution in [0.25, 0.3) is 22.2 Å². The van der Waals surface area contributed by atoms with E-state index in [4.69, 9.17) is 0 Å². The molecule has 0 spiro atoms. The molecule has 3 rings (SSSR count). The molecule has 0 unspecified atom stereocenters. The zero-order valence-corrected chi connectivity index (χ0v) is 10.4. The molecule has 1 heterocycles. The number of benzene rings is 2. The number of aromatic amines is 1. The molecule has 0 radical (unpaired) electrons. The van der Waals surface area contributed by atoms with E-state index < -0.39 is 0 Å². The summed E-state index contributed by atoms with van der Waals surface area (Å²) >= 11 is 0. The molecule has 0 atom stereocenters. The standard InChI is InChI=1S/C16H14FN/c1-10-3-4-11(2)16-14(10)9-15(18-16)12-5-7-13(17)8-6-12/h3-9,18H,1-2H3. The summed E-state index contributed by atoms with van der Waals surface area (Å²) in [5, 5.41) is 1.23. The number of H-pyrrole nitrogens is 1. The van der Waals surface area contributed by atoms with Gasteiger partial charge in [0, 0.05) is 16.6 Å². The van der Waals surface area contributed by atoms with Crippen LogP contribution in [0.3, 0.4) is 0 Å². The molecule has 1 aromatic heterocycles. The maximum absolute atomic E-state index is 12.9. The number of fused-ring (bicyclic) bond motifs is 1. The van der Waals surface area contributed by atoms with Crippen LogP contribution in [0.2, 0.25) is 0 Å². The molecule has 0 aliphatic heterocycles. The second-order valence-electron chi connectivity index (χ2n) is 4.68. The molecule has 1 nitrogen and oxygen atoms in total. The average molecular weight is 239 g/mol. The zero-order valence-electron chi connectivity index (χ0n) is 10.4. The third-order valence-electron chi connectivity index (χ3n) is 3.38. The predicted molar refractivity (Wildman–Crippen MR) is 73.2 cm³/mol. The summed E-state index contributed by atoms with van der Waals surface area (Å²) < 4.78 is 12.9. The first kappa shape index (κ1) is 11.0. The highest BCUT2D eigenvalue weighted by Gasteiger charge is 2.07. The highest BCUT2D eigenvalue weighted by Crippen LogP contribution is 2.28. The quantitative estimate of drug-likeness (QED) is 0.639. The van der Waals surface area contributed by atoms with E-state index in [1.165, 1.54) is 28.6 Å². The third kappa shape index (κ3) is 1.70. The molecule has 0 fully saturated rings. The molecule has 0 amide bonds. The first-order chi connectivity index (χ1) is 8.65. The highest BCUT2D eigenvalue weighted by molar-refractivity contribution is 5.90. The molecule has 18 heavy (non-hydrogen) atoms. The maximum Gasteiger partial charge on any atom is 0.123 e. The largest absolute Gasteiger partial charge is 0.354 e. The van der Waals surface area contributed by atoms with E-state index in [1.807, 2.05) is 0 Å². The molecular weight excluding hydrogens is 225 g/mol. The summed E-state index contributed by atoms with van der Waals surface area (Å²) in [5.74, 6) is -0.206. The van der Waals surface area contributed by atoms with Crippen LogP contribution < -0.4 is 0 Å². The maximum atomic E-state index is 12.9. The minimum atomic E-state index is -0.206. The number of aromatic nitrogens is 1. The van der Waals surface area contributed by atoms with E-state index in [1.54, 1.807) is 12.1 Å². The van der Waals surface area contributed by atoms with Gasteiger partial charge >= 0.3 is 0 Å². The first-order valence-corrected chi connectivity index (χ1v) is 6.00. The molecule has 0 aliphatic rings. The van der Waals surface area contributed by atoms with Crippen molar-refractivity contribution in [3.8, 4) is 11.3 Å². The van der Waals surface area contributed by atoms with Crippen molar-refractivity contribution in [2.45, 2.75) is 13.8 Å². The van der Waals surface area contributed by atoms with Gasteiger partial charge in [-0.2, -0.15) is 0 Å². The second kappa shape index (κ2) is 3.98. The van der Waals surface area contributed by atoms with Crippen molar-refractivity contribution in [2.24, 2.45) is 0 Å². The number of rotatable bonds is 1. The summed E-state index contributed by atoms with van der Waals surface area (Å²) in [6.07, 6.45) is 0. The molecule has 0 saturated carbocycles. The van der Waals surface area contributed by atoms with Crippen molar-refractivity contribution in [1.82, 2.24) is 4.98 Å². The van der Waals surface area contributed by atoms with Crippen molar-refractivity contribution in [2.75, 3.05) is 0 Å². The van der Waals surface area contributed by atoms with Crippen molar-refractivity contribution in [3.05, 3.63) is 59.4 Å². The molecule has 3 aromatic rings. The van der Waals surface area contributed by atoms with Gasteiger partial charge in [-0.3, -0.25) is 0 Å². The summed E-state index contributed by atoms with van der Waals surface area (Å²) in [7, 11) is 0. The monoisotopic (exact) mass is 239 g/mol. The number of hydrogen-bond acceptors (Lipinski definition) is 0. The molecule has 2 heteroatoms. The fraction of sp³-hybridized carbons (Fsp3) is 0.125. The Bertz CT molecular complexity index is 669. The number of hydrogen-bond donors (Lipinski definition) is 1. The normalized spacial score (nSPS) is 11.1. The van der Waals surface area contributed by atoms with Crippen LogP contribution in [-0.4, -0.2) is 4.98 Å². The van der Waals surface area contributed by atoms with Gasteiger partial charge in [-0.15, -0.1) is 0 Å².